The maximum atomic E-state index is 12.8. The minimum absolute atomic E-state index is 0.126. The standard InChI is InChI=1S/C72H108O6/c1-4-7-10-13-16-18-20-22-24-26-28-29-30-31-32-33-34-35-36-37-38-39-40-41-42-43-45-46-48-50-52-54-56-59-62-65-71(74)77-68-69(67-76-70(73)64-61-58-15-12-9-6-3)78-72(75)66-63-60-57-55-53-51-49-47-44-27-25-23-21-19-17-14-11-8-5-2/h7-8,10-11,16-19,22-25,28-29,31-32,34-35,37-38,40-41,43-45,47-48,50-51,53,57,60,69H,4-6,9,12-15,20-21,26-27,30,33,36,39,42,46,49,52,54-56,58-59,61-68H2,1-3H3/b10-7-,11-8-,18-16-,19-17-,24-22-,25-23-,29-28-,32-31-,35-34-,38-37-,41-40-,45-43-,47-44-,50-48-,53-51-,60-57-. The van der Waals surface area contributed by atoms with Gasteiger partial charge in [-0.2, -0.15) is 0 Å². The minimum atomic E-state index is -0.837. The van der Waals surface area contributed by atoms with Crippen molar-refractivity contribution >= 4 is 17.9 Å². The second-order valence-corrected chi connectivity index (χ2v) is 19.1. The first-order valence-corrected chi connectivity index (χ1v) is 30.4. The topological polar surface area (TPSA) is 78.9 Å². The summed E-state index contributed by atoms with van der Waals surface area (Å²) in [4.78, 5) is 37.9. The monoisotopic (exact) mass is 1070 g/mol. The third-order valence-electron chi connectivity index (χ3n) is 11.9. The smallest absolute Gasteiger partial charge is 0.306 e. The average Bonchev–Trinajstić information content (AvgIpc) is 3.44. The number of unbranched alkanes of at least 4 members (excludes halogenated alkanes) is 9. The summed E-state index contributed by atoms with van der Waals surface area (Å²) in [6.45, 7) is 6.23. The van der Waals surface area contributed by atoms with E-state index < -0.39 is 12.1 Å². The number of carbonyl (C=O) groups excluding carboxylic acids is 3. The lowest BCUT2D eigenvalue weighted by molar-refractivity contribution is -0.166. The van der Waals surface area contributed by atoms with E-state index >= 15 is 0 Å². The molecule has 1 atom stereocenters. The van der Waals surface area contributed by atoms with Crippen LogP contribution < -0.4 is 0 Å². The van der Waals surface area contributed by atoms with Crippen molar-refractivity contribution in [2.24, 2.45) is 0 Å². The molecule has 0 saturated heterocycles. The summed E-state index contributed by atoms with van der Waals surface area (Å²) in [5.74, 6) is -1.06. The maximum Gasteiger partial charge on any atom is 0.306 e. The molecule has 0 aliphatic heterocycles. The molecule has 0 aliphatic carbocycles. The number of rotatable bonds is 52. The van der Waals surface area contributed by atoms with Crippen molar-refractivity contribution in [3.05, 3.63) is 194 Å². The molecule has 0 saturated carbocycles. The molecule has 1 unspecified atom stereocenters. The Labute approximate surface area is 477 Å². The number of carbonyl (C=O) groups is 3. The van der Waals surface area contributed by atoms with Gasteiger partial charge in [0, 0.05) is 19.3 Å². The van der Waals surface area contributed by atoms with Gasteiger partial charge in [0.15, 0.2) is 6.10 Å². The van der Waals surface area contributed by atoms with Gasteiger partial charge in [0.25, 0.3) is 0 Å². The lowest BCUT2D eigenvalue weighted by Crippen LogP contribution is -2.30. The summed E-state index contributed by atoms with van der Waals surface area (Å²) < 4.78 is 16.6. The predicted octanol–water partition coefficient (Wildman–Crippen LogP) is 21.0. The second-order valence-electron chi connectivity index (χ2n) is 19.1. The van der Waals surface area contributed by atoms with Crippen molar-refractivity contribution in [3.8, 4) is 0 Å². The molecule has 0 bridgehead atoms. The molecule has 0 radical (unpaired) electrons. The summed E-state index contributed by atoms with van der Waals surface area (Å²) in [7, 11) is 0. The molecule has 0 spiro atoms. The fourth-order valence-corrected chi connectivity index (χ4v) is 7.38. The van der Waals surface area contributed by atoms with Crippen LogP contribution in [-0.4, -0.2) is 37.2 Å². The number of hydrogen-bond donors (Lipinski definition) is 0. The molecule has 0 rings (SSSR count). The van der Waals surface area contributed by atoms with Crippen LogP contribution >= 0.6 is 0 Å². The Kier molecular flexibility index (Phi) is 59.1. The number of allylic oxidation sites excluding steroid dienone is 32. The van der Waals surface area contributed by atoms with E-state index in [9.17, 15) is 14.4 Å². The normalized spacial score (nSPS) is 13.5. The SMILES string of the molecule is CC/C=C\C/C=C\C/C=C\C/C=C\C/C=C\C/C=C\C/C=C\C/C=C\C/C=C\C/C=C\CCCCCCC(=O)OCC(COC(=O)CCCCCCCC)OC(=O)CC/C=C\C/C=C\C/C=C\C/C=C\C/C=C\C/C=C\CC. The first-order valence-electron chi connectivity index (χ1n) is 30.4. The van der Waals surface area contributed by atoms with E-state index in [2.05, 4.69) is 203 Å². The highest BCUT2D eigenvalue weighted by atomic mass is 16.6. The first-order chi connectivity index (χ1) is 38.5. The van der Waals surface area contributed by atoms with Gasteiger partial charge in [0.1, 0.15) is 13.2 Å². The second kappa shape index (κ2) is 63.8. The molecule has 0 aliphatic rings. The van der Waals surface area contributed by atoms with Crippen molar-refractivity contribution in [2.75, 3.05) is 13.2 Å². The minimum Gasteiger partial charge on any atom is -0.462 e. The van der Waals surface area contributed by atoms with E-state index in [1.54, 1.807) is 0 Å². The van der Waals surface area contributed by atoms with Crippen LogP contribution in [0.25, 0.3) is 0 Å². The molecule has 0 aromatic heterocycles. The number of hydrogen-bond acceptors (Lipinski definition) is 6. The molecule has 0 fully saturated rings. The Hall–Kier alpha value is -5.75. The Morgan fingerprint density at radius 3 is 0.833 bits per heavy atom. The zero-order valence-corrected chi connectivity index (χ0v) is 49.3. The highest BCUT2D eigenvalue weighted by Crippen LogP contribution is 2.11. The maximum absolute atomic E-state index is 12.8. The van der Waals surface area contributed by atoms with Crippen LogP contribution in [0.15, 0.2) is 194 Å². The van der Waals surface area contributed by atoms with E-state index in [1.807, 2.05) is 12.2 Å². The quantitative estimate of drug-likeness (QED) is 0.0261. The van der Waals surface area contributed by atoms with Gasteiger partial charge in [-0.15, -0.1) is 0 Å². The molecule has 78 heavy (non-hydrogen) atoms. The van der Waals surface area contributed by atoms with Gasteiger partial charge in [0.2, 0.25) is 0 Å². The zero-order chi connectivity index (χ0) is 56.4. The lowest BCUT2D eigenvalue weighted by Gasteiger charge is -2.18. The number of esters is 3. The van der Waals surface area contributed by atoms with Gasteiger partial charge in [-0.1, -0.05) is 260 Å². The van der Waals surface area contributed by atoms with Crippen LogP contribution in [0, 0.1) is 0 Å². The van der Waals surface area contributed by atoms with Crippen molar-refractivity contribution in [3.63, 3.8) is 0 Å². The van der Waals surface area contributed by atoms with Crippen molar-refractivity contribution in [1.29, 1.82) is 0 Å². The van der Waals surface area contributed by atoms with E-state index in [1.165, 1.54) is 19.3 Å². The largest absolute Gasteiger partial charge is 0.462 e. The average molecular weight is 1070 g/mol. The molecular formula is C72H108O6. The van der Waals surface area contributed by atoms with Crippen LogP contribution in [-0.2, 0) is 28.6 Å². The summed E-state index contributed by atoms with van der Waals surface area (Å²) in [6, 6.07) is 0. The molecule has 432 valence electrons. The highest BCUT2D eigenvalue weighted by Gasteiger charge is 2.19. The van der Waals surface area contributed by atoms with E-state index in [-0.39, 0.29) is 31.6 Å². The molecule has 0 N–H and O–H groups in total. The number of ether oxygens (including phenoxy) is 3. The van der Waals surface area contributed by atoms with Crippen LogP contribution in [0.4, 0.5) is 0 Å². The van der Waals surface area contributed by atoms with Gasteiger partial charge in [0.05, 0.1) is 0 Å². The lowest BCUT2D eigenvalue weighted by atomic mass is 10.1. The summed E-state index contributed by atoms with van der Waals surface area (Å²) in [5.41, 5.74) is 0. The van der Waals surface area contributed by atoms with Gasteiger partial charge in [-0.3, -0.25) is 14.4 Å². The van der Waals surface area contributed by atoms with Crippen LogP contribution in [0.2, 0.25) is 0 Å². The van der Waals surface area contributed by atoms with Gasteiger partial charge in [-0.25, -0.2) is 0 Å². The van der Waals surface area contributed by atoms with Gasteiger partial charge < -0.3 is 14.2 Å². The first kappa shape index (κ1) is 72.2. The van der Waals surface area contributed by atoms with Crippen LogP contribution in [0.5, 0.6) is 0 Å². The molecule has 0 aromatic carbocycles. The molecule has 6 nitrogen and oxygen atoms in total. The third kappa shape index (κ3) is 61.1. The highest BCUT2D eigenvalue weighted by molar-refractivity contribution is 5.71. The van der Waals surface area contributed by atoms with Gasteiger partial charge in [-0.05, 0) is 135 Å². The Morgan fingerprint density at radius 2 is 0.526 bits per heavy atom. The van der Waals surface area contributed by atoms with Gasteiger partial charge >= 0.3 is 17.9 Å². The Balaban J connectivity index is 4.28. The fraction of sp³-hybridized carbons (Fsp3) is 0.514. The van der Waals surface area contributed by atoms with Crippen LogP contribution in [0.1, 0.15) is 220 Å². The predicted molar refractivity (Wildman–Crippen MR) is 338 cm³/mol. The molecule has 0 heterocycles. The summed E-state index contributed by atoms with van der Waals surface area (Å²) >= 11 is 0. The van der Waals surface area contributed by atoms with E-state index in [0.717, 1.165) is 154 Å². The zero-order valence-electron chi connectivity index (χ0n) is 49.3. The van der Waals surface area contributed by atoms with E-state index in [4.69, 9.17) is 14.2 Å². The Morgan fingerprint density at radius 1 is 0.269 bits per heavy atom. The van der Waals surface area contributed by atoms with E-state index in [0.29, 0.717) is 19.3 Å². The third-order valence-corrected chi connectivity index (χ3v) is 11.9. The van der Waals surface area contributed by atoms with Crippen molar-refractivity contribution in [1.82, 2.24) is 0 Å². The van der Waals surface area contributed by atoms with Crippen molar-refractivity contribution in [2.45, 2.75) is 226 Å². The fourth-order valence-electron chi connectivity index (χ4n) is 7.38. The van der Waals surface area contributed by atoms with Crippen LogP contribution in [0.3, 0.4) is 0 Å². The molecule has 0 aromatic rings. The molecule has 6 heteroatoms. The molecular weight excluding hydrogens is 961 g/mol. The summed E-state index contributed by atoms with van der Waals surface area (Å²) in [5, 5.41) is 0. The van der Waals surface area contributed by atoms with Crippen molar-refractivity contribution < 1.29 is 28.6 Å². The summed E-state index contributed by atoms with van der Waals surface area (Å²) in [6.07, 6.45) is 97.6. The Bertz CT molecular complexity index is 1900. The molecule has 0 amide bonds.